The lowest BCUT2D eigenvalue weighted by molar-refractivity contribution is 0.187. The number of ether oxygens (including phenoxy) is 1. The number of benzene rings is 1. The van der Waals surface area contributed by atoms with Crippen LogP contribution in [-0.2, 0) is 6.42 Å². The van der Waals surface area contributed by atoms with Crippen LogP contribution in [0.3, 0.4) is 0 Å². The fraction of sp³-hybridized carbons (Fsp3) is 0.296. The van der Waals surface area contributed by atoms with Gasteiger partial charge in [0.15, 0.2) is 5.82 Å². The zero-order valence-corrected chi connectivity index (χ0v) is 19.4. The molecule has 1 unspecified atom stereocenters. The van der Waals surface area contributed by atoms with Gasteiger partial charge in [0.2, 0.25) is 0 Å². The minimum atomic E-state index is -0.333. The molecule has 1 saturated heterocycles. The Labute approximate surface area is 203 Å². The molecule has 1 aromatic carbocycles. The van der Waals surface area contributed by atoms with Gasteiger partial charge in [-0.3, -0.25) is 4.40 Å². The Kier molecular flexibility index (Phi) is 5.56. The van der Waals surface area contributed by atoms with Crippen LogP contribution in [0.1, 0.15) is 18.4 Å². The molecule has 178 valence electrons. The van der Waals surface area contributed by atoms with Crippen LogP contribution in [0.15, 0.2) is 73.3 Å². The number of imidazole rings is 1. The Morgan fingerprint density at radius 3 is 3.00 bits per heavy atom. The van der Waals surface area contributed by atoms with E-state index in [4.69, 9.17) is 9.72 Å². The number of hydrogen-bond acceptors (Lipinski definition) is 6. The first-order valence-electron chi connectivity index (χ1n) is 12.0. The molecule has 0 radical (unpaired) electrons. The van der Waals surface area contributed by atoms with Gasteiger partial charge in [0, 0.05) is 43.1 Å². The zero-order valence-electron chi connectivity index (χ0n) is 19.4. The third-order valence-electron chi connectivity index (χ3n) is 6.88. The number of likely N-dealkylation sites (tertiary alicyclic amines) is 1. The van der Waals surface area contributed by atoms with Crippen LogP contribution in [0, 0.1) is 11.7 Å². The molecule has 6 rings (SSSR count). The monoisotopic (exact) mass is 470 g/mol. The van der Waals surface area contributed by atoms with E-state index in [2.05, 4.69) is 38.9 Å². The van der Waals surface area contributed by atoms with Crippen molar-refractivity contribution in [2.75, 3.05) is 25.0 Å². The van der Waals surface area contributed by atoms with E-state index in [9.17, 15) is 4.39 Å². The van der Waals surface area contributed by atoms with Crippen molar-refractivity contribution in [3.8, 4) is 17.3 Å². The Morgan fingerprint density at radius 1 is 1.14 bits per heavy atom. The summed E-state index contributed by atoms with van der Waals surface area (Å²) < 4.78 is 21.5. The molecule has 0 spiro atoms. The lowest BCUT2D eigenvalue weighted by atomic mass is 9.92. The first-order valence-corrected chi connectivity index (χ1v) is 12.0. The lowest BCUT2D eigenvalue weighted by Crippen LogP contribution is -2.44. The van der Waals surface area contributed by atoms with Crippen molar-refractivity contribution in [1.29, 1.82) is 0 Å². The molecular weight excluding hydrogens is 443 g/mol. The number of hydrogen-bond donors (Lipinski definition) is 1. The maximum atomic E-state index is 13.8. The van der Waals surface area contributed by atoms with Crippen LogP contribution in [-0.4, -0.2) is 50.0 Å². The molecule has 0 amide bonds. The summed E-state index contributed by atoms with van der Waals surface area (Å²) >= 11 is 0. The number of nitrogens with one attached hydrogen (secondary N) is 1. The van der Waals surface area contributed by atoms with Gasteiger partial charge >= 0.3 is 0 Å². The van der Waals surface area contributed by atoms with Crippen molar-refractivity contribution in [3.05, 3.63) is 84.7 Å². The van der Waals surface area contributed by atoms with E-state index in [1.807, 2.05) is 18.2 Å². The molecule has 5 heterocycles. The summed E-state index contributed by atoms with van der Waals surface area (Å²) in [6.07, 6.45) is 7.88. The van der Waals surface area contributed by atoms with Gasteiger partial charge in [-0.15, -0.1) is 0 Å². The van der Waals surface area contributed by atoms with Gasteiger partial charge in [0.05, 0.1) is 12.8 Å². The van der Waals surface area contributed by atoms with Crippen molar-refractivity contribution in [2.45, 2.75) is 25.3 Å². The standard InChI is InChI=1S/C27H27FN6O/c1-18(20-13-19-5-2-3-7-24(19)35-17-20)33-12-4-6-22(16-33)31-25-10-11-29-27(32-25)23-14-30-26-9-8-21(28)15-34(23)26/h2-3,5,7-11,14-15,20,22H,1,4,6,12-13,16-17H2,(H,29,31,32)/t20?,22-/m1/s1. The maximum absolute atomic E-state index is 13.8. The van der Waals surface area contributed by atoms with Crippen molar-refractivity contribution in [2.24, 2.45) is 5.92 Å². The van der Waals surface area contributed by atoms with Gasteiger partial charge in [0.1, 0.15) is 28.7 Å². The number of piperidine rings is 1. The molecule has 0 bridgehead atoms. The second kappa shape index (κ2) is 9.02. The number of rotatable bonds is 5. The van der Waals surface area contributed by atoms with Crippen LogP contribution in [0.25, 0.3) is 17.2 Å². The van der Waals surface area contributed by atoms with Crippen LogP contribution < -0.4 is 10.1 Å². The second-order valence-corrected chi connectivity index (χ2v) is 9.23. The predicted octanol–water partition coefficient (Wildman–Crippen LogP) is 4.57. The molecule has 8 heteroatoms. The molecule has 4 aromatic rings. The van der Waals surface area contributed by atoms with Crippen molar-refractivity contribution >= 4 is 11.5 Å². The maximum Gasteiger partial charge on any atom is 0.180 e. The summed E-state index contributed by atoms with van der Waals surface area (Å²) in [5.41, 5.74) is 3.69. The minimum Gasteiger partial charge on any atom is -0.493 e. The van der Waals surface area contributed by atoms with Crippen molar-refractivity contribution < 1.29 is 9.13 Å². The van der Waals surface area contributed by atoms with Crippen molar-refractivity contribution in [1.82, 2.24) is 24.3 Å². The lowest BCUT2D eigenvalue weighted by Gasteiger charge is -2.39. The Hall–Kier alpha value is -3.94. The molecule has 2 atom stereocenters. The minimum absolute atomic E-state index is 0.236. The highest BCUT2D eigenvalue weighted by atomic mass is 19.1. The van der Waals surface area contributed by atoms with E-state index in [1.54, 1.807) is 22.9 Å². The Balaban J connectivity index is 1.15. The fourth-order valence-electron chi connectivity index (χ4n) is 5.05. The molecule has 7 nitrogen and oxygen atoms in total. The molecule has 1 fully saturated rings. The van der Waals surface area contributed by atoms with E-state index >= 15 is 0 Å². The summed E-state index contributed by atoms with van der Waals surface area (Å²) in [5, 5.41) is 3.58. The van der Waals surface area contributed by atoms with Gasteiger partial charge in [-0.1, -0.05) is 24.8 Å². The van der Waals surface area contributed by atoms with E-state index in [0.717, 1.165) is 49.6 Å². The predicted molar refractivity (Wildman–Crippen MR) is 133 cm³/mol. The highest BCUT2D eigenvalue weighted by molar-refractivity contribution is 5.58. The topological polar surface area (TPSA) is 67.6 Å². The van der Waals surface area contributed by atoms with Crippen molar-refractivity contribution in [3.63, 3.8) is 0 Å². The second-order valence-electron chi connectivity index (χ2n) is 9.23. The Morgan fingerprint density at radius 2 is 2.06 bits per heavy atom. The fourth-order valence-corrected chi connectivity index (χ4v) is 5.05. The average molecular weight is 471 g/mol. The van der Waals surface area contributed by atoms with Gasteiger partial charge < -0.3 is 15.0 Å². The van der Waals surface area contributed by atoms with E-state index in [-0.39, 0.29) is 17.8 Å². The van der Waals surface area contributed by atoms with Crippen LogP contribution in [0.5, 0.6) is 5.75 Å². The summed E-state index contributed by atoms with van der Waals surface area (Å²) in [7, 11) is 0. The third-order valence-corrected chi connectivity index (χ3v) is 6.88. The third kappa shape index (κ3) is 4.32. The molecule has 2 aliphatic rings. The molecule has 2 aliphatic heterocycles. The first-order chi connectivity index (χ1) is 17.1. The largest absolute Gasteiger partial charge is 0.493 e. The normalized spacial score (nSPS) is 19.7. The summed E-state index contributed by atoms with van der Waals surface area (Å²) in [6.45, 7) is 6.97. The van der Waals surface area contributed by atoms with Crippen LogP contribution >= 0.6 is 0 Å². The number of pyridine rings is 1. The number of aromatic nitrogens is 4. The highest BCUT2D eigenvalue weighted by Crippen LogP contribution is 2.32. The average Bonchev–Trinajstić information content (AvgIpc) is 3.31. The number of fused-ring (bicyclic) bond motifs is 2. The molecular formula is C27H27FN6O. The van der Waals surface area contributed by atoms with Gasteiger partial charge in [-0.2, -0.15) is 0 Å². The smallest absolute Gasteiger partial charge is 0.180 e. The van der Waals surface area contributed by atoms with Gasteiger partial charge in [-0.25, -0.2) is 19.3 Å². The molecule has 35 heavy (non-hydrogen) atoms. The number of para-hydroxylation sites is 1. The summed E-state index contributed by atoms with van der Waals surface area (Å²) in [5.74, 6) is 2.19. The summed E-state index contributed by atoms with van der Waals surface area (Å²) in [4.78, 5) is 15.8. The quantitative estimate of drug-likeness (QED) is 0.461. The number of halogens is 1. The zero-order chi connectivity index (χ0) is 23.8. The molecule has 0 aliphatic carbocycles. The van der Waals surface area contributed by atoms with Gasteiger partial charge in [0.25, 0.3) is 0 Å². The SMILES string of the molecule is C=C(C1COc2ccccc2C1)N1CCC[C@@H](Nc2ccnc(-c3cnc4ccc(F)cn34)n2)C1. The molecule has 1 N–H and O–H groups in total. The van der Waals surface area contributed by atoms with E-state index in [0.29, 0.717) is 23.8 Å². The van der Waals surface area contributed by atoms with E-state index < -0.39 is 0 Å². The molecule has 3 aromatic heterocycles. The number of nitrogens with zero attached hydrogens (tertiary/aromatic N) is 5. The van der Waals surface area contributed by atoms with E-state index in [1.165, 1.54) is 17.8 Å². The number of anilines is 1. The highest BCUT2D eigenvalue weighted by Gasteiger charge is 2.28. The first kappa shape index (κ1) is 21.6. The molecule has 0 saturated carbocycles. The Bertz CT molecular complexity index is 1390. The van der Waals surface area contributed by atoms with Crippen LogP contribution in [0.2, 0.25) is 0 Å². The van der Waals surface area contributed by atoms with Gasteiger partial charge in [-0.05, 0) is 49.1 Å². The summed E-state index contributed by atoms with van der Waals surface area (Å²) in [6, 6.07) is 13.4. The van der Waals surface area contributed by atoms with Crippen LogP contribution in [0.4, 0.5) is 10.2 Å².